The summed E-state index contributed by atoms with van der Waals surface area (Å²) in [5, 5.41) is 6.06. The number of fused-ring (bicyclic) bond motifs is 4. The van der Waals surface area contributed by atoms with Crippen molar-refractivity contribution in [2.45, 2.75) is 12.1 Å². The summed E-state index contributed by atoms with van der Waals surface area (Å²) in [7, 11) is 0. The molecule has 3 heterocycles. The van der Waals surface area contributed by atoms with Gasteiger partial charge in [-0.3, -0.25) is 24.6 Å². The maximum Gasteiger partial charge on any atom is 0.250 e. The second-order valence-electron chi connectivity index (χ2n) is 7.02. The van der Waals surface area contributed by atoms with Crippen molar-refractivity contribution in [3.05, 3.63) is 65.7 Å². The third-order valence-electron chi connectivity index (χ3n) is 5.73. The van der Waals surface area contributed by atoms with Crippen LogP contribution in [-0.2, 0) is 26.5 Å². The van der Waals surface area contributed by atoms with Gasteiger partial charge in [0, 0.05) is 17.8 Å². The zero-order valence-electron chi connectivity index (χ0n) is 13.9. The van der Waals surface area contributed by atoms with Crippen LogP contribution in [0.3, 0.4) is 0 Å². The quantitative estimate of drug-likeness (QED) is 0.801. The van der Waals surface area contributed by atoms with E-state index < -0.39 is 17.4 Å². The van der Waals surface area contributed by atoms with E-state index in [1.165, 1.54) is 4.90 Å². The molecule has 6 heteroatoms. The Morgan fingerprint density at radius 3 is 2.50 bits per heavy atom. The van der Waals surface area contributed by atoms with Crippen molar-refractivity contribution in [1.82, 2.24) is 10.2 Å². The van der Waals surface area contributed by atoms with Crippen molar-refractivity contribution in [2.24, 2.45) is 11.8 Å². The number of imide groups is 1. The van der Waals surface area contributed by atoms with Gasteiger partial charge in [0.1, 0.15) is 5.54 Å². The first-order chi connectivity index (χ1) is 12.6. The summed E-state index contributed by atoms with van der Waals surface area (Å²) in [5.41, 5.74) is 1.19. The largest absolute Gasteiger partial charge is 0.324 e. The lowest BCUT2D eigenvalue weighted by Gasteiger charge is -2.28. The molecular weight excluding hydrogens is 330 g/mol. The molecule has 0 saturated carbocycles. The molecule has 3 amide bonds. The molecule has 0 aromatic heterocycles. The smallest absolute Gasteiger partial charge is 0.250 e. The SMILES string of the molecule is O=C1[C@H]2CN[C@]3(C(=O)Nc4ccccc43)[C@H]2C(=O)N1Cc1ccccc1. The zero-order chi connectivity index (χ0) is 17.9. The second kappa shape index (κ2) is 5.25. The van der Waals surface area contributed by atoms with Crippen LogP contribution in [0.5, 0.6) is 0 Å². The van der Waals surface area contributed by atoms with Gasteiger partial charge in [-0.1, -0.05) is 48.5 Å². The molecule has 6 nitrogen and oxygen atoms in total. The monoisotopic (exact) mass is 347 g/mol. The molecule has 2 saturated heterocycles. The van der Waals surface area contributed by atoms with E-state index in [1.807, 2.05) is 54.6 Å². The third kappa shape index (κ3) is 1.82. The van der Waals surface area contributed by atoms with Crippen LogP contribution in [0.15, 0.2) is 54.6 Å². The number of benzene rings is 2. The molecule has 3 aliphatic rings. The van der Waals surface area contributed by atoms with Crippen molar-refractivity contribution in [2.75, 3.05) is 11.9 Å². The Morgan fingerprint density at radius 2 is 1.69 bits per heavy atom. The molecule has 2 aromatic carbocycles. The summed E-state index contributed by atoms with van der Waals surface area (Å²) in [5.74, 6) is -1.95. The maximum absolute atomic E-state index is 13.2. The Bertz CT molecular complexity index is 942. The van der Waals surface area contributed by atoms with Crippen LogP contribution in [0.1, 0.15) is 11.1 Å². The van der Waals surface area contributed by atoms with Crippen LogP contribution in [-0.4, -0.2) is 29.2 Å². The second-order valence-corrected chi connectivity index (χ2v) is 7.02. The molecule has 130 valence electrons. The van der Waals surface area contributed by atoms with Crippen molar-refractivity contribution in [1.29, 1.82) is 0 Å². The molecule has 5 rings (SSSR count). The number of likely N-dealkylation sites (tertiary alicyclic amines) is 1. The molecule has 1 spiro atoms. The predicted molar refractivity (Wildman–Crippen MR) is 93.7 cm³/mol. The molecule has 2 fully saturated rings. The van der Waals surface area contributed by atoms with Crippen LogP contribution in [0.2, 0.25) is 0 Å². The van der Waals surface area contributed by atoms with Gasteiger partial charge >= 0.3 is 0 Å². The Kier molecular flexibility index (Phi) is 3.09. The van der Waals surface area contributed by atoms with Gasteiger partial charge in [0.15, 0.2) is 0 Å². The van der Waals surface area contributed by atoms with Gasteiger partial charge in [0.2, 0.25) is 17.7 Å². The molecule has 3 aliphatic heterocycles. The standard InChI is InChI=1S/C20H17N3O3/c24-17-13-10-21-20(14-8-4-5-9-15(14)22-19(20)26)16(13)18(25)23(17)11-12-6-2-1-3-7-12/h1-9,13,16,21H,10-11H2,(H,22,26)/t13-,16+,20-/m0/s1. The molecule has 3 atom stereocenters. The van der Waals surface area contributed by atoms with Gasteiger partial charge in [-0.05, 0) is 11.6 Å². The van der Waals surface area contributed by atoms with E-state index in [0.717, 1.165) is 11.1 Å². The molecule has 2 N–H and O–H groups in total. The summed E-state index contributed by atoms with van der Waals surface area (Å²) in [6.07, 6.45) is 0. The third-order valence-corrected chi connectivity index (χ3v) is 5.73. The normalized spacial score (nSPS) is 29.2. The Labute approximate surface area is 150 Å². The van der Waals surface area contributed by atoms with Gasteiger partial charge in [0.25, 0.3) is 0 Å². The highest BCUT2D eigenvalue weighted by Crippen LogP contribution is 2.50. The highest BCUT2D eigenvalue weighted by Gasteiger charge is 2.67. The lowest BCUT2D eigenvalue weighted by Crippen LogP contribution is -2.51. The van der Waals surface area contributed by atoms with Gasteiger partial charge < -0.3 is 5.32 Å². The van der Waals surface area contributed by atoms with Crippen LogP contribution in [0.4, 0.5) is 5.69 Å². The summed E-state index contributed by atoms with van der Waals surface area (Å²) in [6, 6.07) is 16.8. The van der Waals surface area contributed by atoms with Gasteiger partial charge in [0.05, 0.1) is 18.4 Å². The maximum atomic E-state index is 13.2. The van der Waals surface area contributed by atoms with E-state index in [2.05, 4.69) is 10.6 Å². The highest BCUT2D eigenvalue weighted by atomic mass is 16.2. The first-order valence-electron chi connectivity index (χ1n) is 8.68. The van der Waals surface area contributed by atoms with E-state index in [9.17, 15) is 14.4 Å². The number of rotatable bonds is 2. The van der Waals surface area contributed by atoms with Crippen molar-refractivity contribution >= 4 is 23.4 Å². The lowest BCUT2D eigenvalue weighted by molar-refractivity contribution is -0.143. The molecule has 0 aliphatic carbocycles. The minimum Gasteiger partial charge on any atom is -0.324 e. The van der Waals surface area contributed by atoms with Crippen LogP contribution in [0.25, 0.3) is 0 Å². The number of carbonyl (C=O) groups excluding carboxylic acids is 3. The fourth-order valence-electron chi connectivity index (χ4n) is 4.55. The van der Waals surface area contributed by atoms with Crippen LogP contribution in [0, 0.1) is 11.8 Å². The number of nitrogens with zero attached hydrogens (tertiary/aromatic N) is 1. The lowest BCUT2D eigenvalue weighted by atomic mass is 9.77. The van der Waals surface area contributed by atoms with E-state index in [0.29, 0.717) is 12.2 Å². The average molecular weight is 347 g/mol. The number of nitrogens with one attached hydrogen (secondary N) is 2. The fourth-order valence-corrected chi connectivity index (χ4v) is 4.55. The van der Waals surface area contributed by atoms with Crippen LogP contribution >= 0.6 is 0 Å². The number of carbonyl (C=O) groups is 3. The number of anilines is 1. The minimum atomic E-state index is -1.15. The topological polar surface area (TPSA) is 78.5 Å². The van der Waals surface area contributed by atoms with E-state index in [1.54, 1.807) is 0 Å². The number of hydrogen-bond acceptors (Lipinski definition) is 4. The molecule has 0 unspecified atom stereocenters. The minimum absolute atomic E-state index is 0.203. The van der Waals surface area contributed by atoms with Crippen molar-refractivity contribution in [3.63, 3.8) is 0 Å². The summed E-state index contributed by atoms with van der Waals surface area (Å²) in [4.78, 5) is 40.3. The first-order valence-corrected chi connectivity index (χ1v) is 8.68. The van der Waals surface area contributed by atoms with Crippen LogP contribution < -0.4 is 10.6 Å². The summed E-state index contributed by atoms with van der Waals surface area (Å²) in [6.45, 7) is 0.563. The summed E-state index contributed by atoms with van der Waals surface area (Å²) >= 11 is 0. The van der Waals surface area contributed by atoms with Gasteiger partial charge in [-0.2, -0.15) is 0 Å². The molecule has 0 bridgehead atoms. The first kappa shape index (κ1) is 15.3. The van der Waals surface area contributed by atoms with E-state index in [-0.39, 0.29) is 24.3 Å². The Balaban J connectivity index is 1.55. The van der Waals surface area contributed by atoms with Gasteiger partial charge in [-0.15, -0.1) is 0 Å². The molecule has 0 radical (unpaired) electrons. The van der Waals surface area contributed by atoms with Crippen molar-refractivity contribution < 1.29 is 14.4 Å². The van der Waals surface area contributed by atoms with Gasteiger partial charge in [-0.25, -0.2) is 0 Å². The highest BCUT2D eigenvalue weighted by molar-refractivity contribution is 6.14. The average Bonchev–Trinajstić information content (AvgIpc) is 3.26. The number of para-hydroxylation sites is 1. The number of amides is 3. The zero-order valence-corrected chi connectivity index (χ0v) is 13.9. The molecule has 26 heavy (non-hydrogen) atoms. The van der Waals surface area contributed by atoms with Crippen molar-refractivity contribution in [3.8, 4) is 0 Å². The van der Waals surface area contributed by atoms with E-state index in [4.69, 9.17) is 0 Å². The Morgan fingerprint density at radius 1 is 0.962 bits per heavy atom. The predicted octanol–water partition coefficient (Wildman–Crippen LogP) is 1.24. The molecular formula is C20H17N3O3. The van der Waals surface area contributed by atoms with E-state index >= 15 is 0 Å². The molecule has 2 aromatic rings. The fraction of sp³-hybridized carbons (Fsp3) is 0.250. The Hall–Kier alpha value is -2.99. The number of hydrogen-bond donors (Lipinski definition) is 2. The summed E-state index contributed by atoms with van der Waals surface area (Å²) < 4.78 is 0.